The third-order valence-electron chi connectivity index (χ3n) is 5.11. The predicted molar refractivity (Wildman–Crippen MR) is 130 cm³/mol. The molecule has 0 saturated heterocycles. The van der Waals surface area contributed by atoms with E-state index in [0.717, 1.165) is 16.9 Å². The number of carbonyl (C=O) groups is 1. The maximum Gasteiger partial charge on any atom is 0.224 e. The van der Waals surface area contributed by atoms with Crippen molar-refractivity contribution in [3.63, 3.8) is 0 Å². The molecule has 174 valence electrons. The van der Waals surface area contributed by atoms with Gasteiger partial charge in [0.1, 0.15) is 5.75 Å². The average molecular weight is 472 g/mol. The van der Waals surface area contributed by atoms with Crippen molar-refractivity contribution in [1.29, 1.82) is 0 Å². The molecule has 2 rings (SSSR count). The fraction of sp³-hybridized carbons (Fsp3) is 0.435. The first-order valence-corrected chi connectivity index (χ1v) is 10.0. The van der Waals surface area contributed by atoms with Gasteiger partial charge in [-0.3, -0.25) is 4.79 Å². The Hall–Kier alpha value is -1.83. The maximum atomic E-state index is 12.5. The SMILES string of the molecule is COc1cccc(CNC[C@@H](O)[C@H](Cc2ccccc2)NC(=O)C(C)C(C)N)c1.Cl.Cl. The predicted octanol–water partition coefficient (Wildman–Crippen LogP) is 2.70. The molecule has 0 radical (unpaired) electrons. The number of aliphatic hydroxyl groups excluding tert-OH is 1. The highest BCUT2D eigenvalue weighted by Gasteiger charge is 2.25. The summed E-state index contributed by atoms with van der Waals surface area (Å²) in [6, 6.07) is 16.9. The Bertz CT molecular complexity index is 763. The van der Waals surface area contributed by atoms with Crippen molar-refractivity contribution in [2.75, 3.05) is 13.7 Å². The number of hydrogen-bond donors (Lipinski definition) is 4. The molecule has 0 aliphatic carbocycles. The fourth-order valence-corrected chi connectivity index (χ4v) is 2.99. The lowest BCUT2D eigenvalue weighted by molar-refractivity contribution is -0.126. The van der Waals surface area contributed by atoms with Crippen molar-refractivity contribution in [2.24, 2.45) is 11.7 Å². The lowest BCUT2D eigenvalue weighted by Crippen LogP contribution is -2.51. The van der Waals surface area contributed by atoms with Crippen LogP contribution < -0.4 is 21.1 Å². The van der Waals surface area contributed by atoms with Crippen LogP contribution in [0, 0.1) is 5.92 Å². The van der Waals surface area contributed by atoms with Crippen LogP contribution in [0.2, 0.25) is 0 Å². The Morgan fingerprint density at radius 2 is 1.71 bits per heavy atom. The smallest absolute Gasteiger partial charge is 0.224 e. The zero-order valence-electron chi connectivity index (χ0n) is 18.3. The average Bonchev–Trinajstić information content (AvgIpc) is 2.73. The maximum absolute atomic E-state index is 12.5. The van der Waals surface area contributed by atoms with Gasteiger partial charge in [-0.25, -0.2) is 0 Å². The van der Waals surface area contributed by atoms with Crippen LogP contribution in [-0.2, 0) is 17.8 Å². The van der Waals surface area contributed by atoms with Gasteiger partial charge in [0.2, 0.25) is 5.91 Å². The second kappa shape index (κ2) is 15.1. The molecule has 2 unspecified atom stereocenters. The molecule has 0 aliphatic rings. The molecule has 0 bridgehead atoms. The summed E-state index contributed by atoms with van der Waals surface area (Å²) in [5, 5.41) is 17.0. The monoisotopic (exact) mass is 471 g/mol. The molecule has 31 heavy (non-hydrogen) atoms. The molecule has 5 N–H and O–H groups in total. The van der Waals surface area contributed by atoms with E-state index in [0.29, 0.717) is 19.5 Å². The minimum atomic E-state index is -0.745. The largest absolute Gasteiger partial charge is 0.497 e. The molecular weight excluding hydrogens is 437 g/mol. The molecular formula is C23H35Cl2N3O3. The zero-order chi connectivity index (χ0) is 21.2. The summed E-state index contributed by atoms with van der Waals surface area (Å²) < 4.78 is 5.24. The number of hydrogen-bond acceptors (Lipinski definition) is 5. The van der Waals surface area contributed by atoms with Crippen molar-refractivity contribution in [2.45, 2.75) is 45.0 Å². The summed E-state index contributed by atoms with van der Waals surface area (Å²) in [5.41, 5.74) is 7.98. The summed E-state index contributed by atoms with van der Waals surface area (Å²) in [6.07, 6.45) is -0.203. The molecule has 2 aromatic rings. The number of halogens is 2. The summed E-state index contributed by atoms with van der Waals surface area (Å²) in [7, 11) is 1.64. The molecule has 0 saturated carbocycles. The quantitative estimate of drug-likeness (QED) is 0.403. The molecule has 8 heteroatoms. The van der Waals surface area contributed by atoms with E-state index in [1.54, 1.807) is 14.0 Å². The molecule has 0 aromatic heterocycles. The molecule has 6 nitrogen and oxygen atoms in total. The van der Waals surface area contributed by atoms with Crippen molar-refractivity contribution >= 4 is 30.7 Å². The number of methoxy groups -OCH3 is 1. The molecule has 1 amide bonds. The van der Waals surface area contributed by atoms with Crippen LogP contribution in [0.1, 0.15) is 25.0 Å². The van der Waals surface area contributed by atoms with Gasteiger partial charge in [-0.2, -0.15) is 0 Å². The number of nitrogens with two attached hydrogens (primary N) is 1. The van der Waals surface area contributed by atoms with Gasteiger partial charge in [0.25, 0.3) is 0 Å². The lowest BCUT2D eigenvalue weighted by Gasteiger charge is -2.27. The van der Waals surface area contributed by atoms with Crippen molar-refractivity contribution in [1.82, 2.24) is 10.6 Å². The first kappa shape index (κ1) is 29.2. The first-order chi connectivity index (χ1) is 13.9. The number of nitrogens with one attached hydrogen (secondary N) is 2. The van der Waals surface area contributed by atoms with E-state index in [-0.39, 0.29) is 42.7 Å². The normalized spacial score (nSPS) is 14.2. The van der Waals surface area contributed by atoms with Gasteiger partial charge in [-0.05, 0) is 36.6 Å². The van der Waals surface area contributed by atoms with Crippen molar-refractivity contribution in [3.8, 4) is 5.75 Å². The van der Waals surface area contributed by atoms with Crippen LogP contribution in [-0.4, -0.2) is 42.9 Å². The Morgan fingerprint density at radius 1 is 1.06 bits per heavy atom. The number of rotatable bonds is 11. The molecule has 0 spiro atoms. The number of ether oxygens (including phenoxy) is 1. The highest BCUT2D eigenvalue weighted by atomic mass is 35.5. The van der Waals surface area contributed by atoms with E-state index in [9.17, 15) is 9.90 Å². The van der Waals surface area contributed by atoms with E-state index < -0.39 is 12.1 Å². The van der Waals surface area contributed by atoms with E-state index in [1.165, 1.54) is 0 Å². The highest BCUT2D eigenvalue weighted by molar-refractivity contribution is 5.85. The minimum absolute atomic E-state index is 0. The van der Waals surface area contributed by atoms with Gasteiger partial charge in [-0.1, -0.05) is 49.4 Å². The molecule has 4 atom stereocenters. The minimum Gasteiger partial charge on any atom is -0.497 e. The van der Waals surface area contributed by atoms with Gasteiger partial charge in [0.15, 0.2) is 0 Å². The summed E-state index contributed by atoms with van der Waals surface area (Å²) in [5.74, 6) is 0.321. The number of benzene rings is 2. The third kappa shape index (κ3) is 9.89. The lowest BCUT2D eigenvalue weighted by atomic mass is 9.98. The number of carbonyl (C=O) groups excluding carboxylic acids is 1. The van der Waals surface area contributed by atoms with Crippen LogP contribution in [0.4, 0.5) is 0 Å². The Kier molecular flexibility index (Phi) is 14.2. The summed E-state index contributed by atoms with van der Waals surface area (Å²) >= 11 is 0. The fourth-order valence-electron chi connectivity index (χ4n) is 2.99. The highest BCUT2D eigenvalue weighted by Crippen LogP contribution is 2.13. The van der Waals surface area contributed by atoms with Gasteiger partial charge in [-0.15, -0.1) is 24.8 Å². The van der Waals surface area contributed by atoms with E-state index in [4.69, 9.17) is 10.5 Å². The van der Waals surface area contributed by atoms with Crippen molar-refractivity contribution < 1.29 is 14.6 Å². The van der Waals surface area contributed by atoms with Crippen LogP contribution in [0.25, 0.3) is 0 Å². The standard InChI is InChI=1S/C23H33N3O3.2ClH/c1-16(17(2)24)23(28)26-21(13-18-8-5-4-6-9-18)22(27)15-25-14-19-10-7-11-20(12-19)29-3;;/h4-12,16-17,21-22,25,27H,13-15,24H2,1-3H3,(H,26,28);2*1H/t16?,17?,21-,22+;;/m0../s1. The number of amides is 1. The zero-order valence-corrected chi connectivity index (χ0v) is 19.9. The Balaban J connectivity index is 0.00000450. The molecule has 0 fully saturated rings. The van der Waals surface area contributed by atoms with Crippen LogP contribution in [0.3, 0.4) is 0 Å². The van der Waals surface area contributed by atoms with Gasteiger partial charge in [0.05, 0.1) is 19.3 Å². The molecule has 0 heterocycles. The van der Waals surface area contributed by atoms with Crippen LogP contribution >= 0.6 is 24.8 Å². The summed E-state index contributed by atoms with van der Waals surface area (Å²) in [4.78, 5) is 12.5. The second-order valence-corrected chi connectivity index (χ2v) is 7.50. The van der Waals surface area contributed by atoms with E-state index >= 15 is 0 Å². The van der Waals surface area contributed by atoms with Gasteiger partial charge in [0, 0.05) is 25.0 Å². The summed E-state index contributed by atoms with van der Waals surface area (Å²) in [6.45, 7) is 4.55. The van der Waals surface area contributed by atoms with Crippen LogP contribution in [0.15, 0.2) is 54.6 Å². The van der Waals surface area contributed by atoms with Crippen LogP contribution in [0.5, 0.6) is 5.75 Å². The molecule has 2 aromatic carbocycles. The number of aliphatic hydroxyl groups is 1. The molecule has 0 aliphatic heterocycles. The first-order valence-electron chi connectivity index (χ1n) is 10.0. The third-order valence-corrected chi connectivity index (χ3v) is 5.11. The van der Waals surface area contributed by atoms with Gasteiger partial charge < -0.3 is 26.2 Å². The van der Waals surface area contributed by atoms with Gasteiger partial charge >= 0.3 is 0 Å². The Labute approximate surface area is 197 Å². The van der Waals surface area contributed by atoms with E-state index in [2.05, 4.69) is 10.6 Å². The topological polar surface area (TPSA) is 96.6 Å². The Morgan fingerprint density at radius 3 is 2.32 bits per heavy atom. The van der Waals surface area contributed by atoms with E-state index in [1.807, 2.05) is 61.5 Å². The second-order valence-electron chi connectivity index (χ2n) is 7.50. The van der Waals surface area contributed by atoms with Crippen molar-refractivity contribution in [3.05, 3.63) is 65.7 Å².